The summed E-state index contributed by atoms with van der Waals surface area (Å²) in [6.07, 6.45) is -0.0803. The minimum atomic E-state index is -4.35. The van der Waals surface area contributed by atoms with Crippen LogP contribution in [0.15, 0.2) is 36.5 Å². The monoisotopic (exact) mass is 487 g/mol. The Kier molecular flexibility index (Phi) is 6.96. The molecule has 2 heterocycles. The van der Waals surface area contributed by atoms with Crippen molar-refractivity contribution in [3.8, 4) is 0 Å². The number of hydrogen-bond acceptors (Lipinski definition) is 6. The zero-order valence-electron chi connectivity index (χ0n) is 16.8. The van der Waals surface area contributed by atoms with E-state index in [2.05, 4.69) is 10.3 Å². The first-order valence-corrected chi connectivity index (χ1v) is 11.2. The summed E-state index contributed by atoms with van der Waals surface area (Å²) >= 11 is 5.76. The lowest BCUT2D eigenvalue weighted by Gasteiger charge is -2.27. The highest BCUT2D eigenvalue weighted by Crippen LogP contribution is 2.38. The Bertz CT molecular complexity index is 1130. The van der Waals surface area contributed by atoms with Gasteiger partial charge in [0.15, 0.2) is 0 Å². The number of carbonyl (C=O) groups is 1. The molecule has 0 saturated carbocycles. The van der Waals surface area contributed by atoms with Gasteiger partial charge in [0.25, 0.3) is 5.91 Å². The van der Waals surface area contributed by atoms with Gasteiger partial charge in [-0.3, -0.25) is 10.2 Å². The van der Waals surface area contributed by atoms with Crippen molar-refractivity contribution in [2.24, 2.45) is 5.73 Å². The number of sulfonamides is 1. The summed E-state index contributed by atoms with van der Waals surface area (Å²) in [5, 5.41) is 8.78. The molecular formula is C19H20ClF2N5O4S. The number of carbonyl (C=O) groups excluding carboxylic acids is 1. The number of nitrogens with zero attached hydrogens (tertiary/aromatic N) is 2. The highest BCUT2D eigenvalue weighted by Gasteiger charge is 2.49. The summed E-state index contributed by atoms with van der Waals surface area (Å²) in [7, 11) is -3.30. The minimum absolute atomic E-state index is 0.0607. The van der Waals surface area contributed by atoms with Crippen LogP contribution in [0.4, 0.5) is 14.5 Å². The zero-order chi connectivity index (χ0) is 23.6. The second-order valence-electron chi connectivity index (χ2n) is 7.05. The second kappa shape index (κ2) is 9.35. The SMILES string of the molecule is CN(C(=N)N)S(=O)(=O)C1C(CF)OCC1c1cc(NC(=O)c2ccc(Cl)cn2)ccc1F. The molecule has 0 bridgehead atoms. The third kappa shape index (κ3) is 4.66. The summed E-state index contributed by atoms with van der Waals surface area (Å²) in [5.41, 5.74) is 5.43. The van der Waals surface area contributed by atoms with Crippen molar-refractivity contribution in [2.45, 2.75) is 17.3 Å². The Morgan fingerprint density at radius 2 is 2.12 bits per heavy atom. The molecule has 1 aliphatic heterocycles. The molecular weight excluding hydrogens is 468 g/mol. The maximum absolute atomic E-state index is 14.7. The molecule has 1 aromatic heterocycles. The average Bonchev–Trinajstić information content (AvgIpc) is 3.19. The van der Waals surface area contributed by atoms with Crippen LogP contribution in [0.5, 0.6) is 0 Å². The van der Waals surface area contributed by atoms with Crippen LogP contribution in [0.1, 0.15) is 22.0 Å². The first kappa shape index (κ1) is 23.8. The van der Waals surface area contributed by atoms with Gasteiger partial charge in [-0.2, -0.15) is 0 Å². The molecule has 13 heteroatoms. The predicted octanol–water partition coefficient (Wildman–Crippen LogP) is 2.10. The van der Waals surface area contributed by atoms with Crippen molar-refractivity contribution < 1.29 is 26.7 Å². The third-order valence-corrected chi connectivity index (χ3v) is 7.59. The van der Waals surface area contributed by atoms with Gasteiger partial charge in [-0.25, -0.2) is 26.5 Å². The van der Waals surface area contributed by atoms with Crippen molar-refractivity contribution in [3.63, 3.8) is 0 Å². The quantitative estimate of drug-likeness (QED) is 0.421. The van der Waals surface area contributed by atoms with E-state index in [-0.39, 0.29) is 23.6 Å². The van der Waals surface area contributed by atoms with Gasteiger partial charge >= 0.3 is 0 Å². The number of amides is 1. The van der Waals surface area contributed by atoms with Gasteiger partial charge in [-0.05, 0) is 35.9 Å². The molecule has 4 N–H and O–H groups in total. The third-order valence-electron chi connectivity index (χ3n) is 5.08. The number of nitrogens with two attached hydrogens (primary N) is 1. The fourth-order valence-corrected chi connectivity index (χ4v) is 5.33. The van der Waals surface area contributed by atoms with E-state index in [9.17, 15) is 22.0 Å². The number of alkyl halides is 1. The first-order chi connectivity index (χ1) is 15.1. The topological polar surface area (TPSA) is 138 Å². The van der Waals surface area contributed by atoms with Gasteiger partial charge in [-0.1, -0.05) is 11.6 Å². The standard InChI is InChI=1S/C19H20ClF2N5O4S/c1-27(19(23)24)32(29,30)17-13(9-31-16(17)7-21)12-6-11(3-4-14(12)22)26-18(28)15-5-2-10(20)8-25-15/h2-6,8,13,16-17H,7,9H2,1H3,(H3,23,24)(H,26,28). The number of pyridine rings is 1. The largest absolute Gasteiger partial charge is 0.373 e. The smallest absolute Gasteiger partial charge is 0.274 e. The van der Waals surface area contributed by atoms with Gasteiger partial charge in [0, 0.05) is 24.8 Å². The lowest BCUT2D eigenvalue weighted by atomic mass is 9.95. The summed E-state index contributed by atoms with van der Waals surface area (Å²) in [5.74, 6) is -3.23. The molecule has 1 aromatic carbocycles. The highest BCUT2D eigenvalue weighted by atomic mass is 35.5. The molecule has 0 aliphatic carbocycles. The van der Waals surface area contributed by atoms with Crippen LogP contribution in [0.2, 0.25) is 5.02 Å². The molecule has 32 heavy (non-hydrogen) atoms. The number of hydrogen-bond donors (Lipinski definition) is 3. The maximum Gasteiger partial charge on any atom is 0.274 e. The molecule has 1 aliphatic rings. The van der Waals surface area contributed by atoms with Crippen molar-refractivity contribution in [3.05, 3.63) is 58.6 Å². The predicted molar refractivity (Wildman–Crippen MR) is 114 cm³/mol. The molecule has 2 aromatic rings. The molecule has 3 atom stereocenters. The van der Waals surface area contributed by atoms with E-state index in [0.29, 0.717) is 9.33 Å². The van der Waals surface area contributed by atoms with Crippen LogP contribution in [0, 0.1) is 11.2 Å². The Hall–Kier alpha value is -2.83. The number of benzene rings is 1. The van der Waals surface area contributed by atoms with Crippen LogP contribution in [0.3, 0.4) is 0 Å². The van der Waals surface area contributed by atoms with Gasteiger partial charge in [0.2, 0.25) is 16.0 Å². The molecule has 1 fully saturated rings. The fraction of sp³-hybridized carbons (Fsp3) is 0.316. The lowest BCUT2D eigenvalue weighted by Crippen LogP contribution is -2.48. The van der Waals surface area contributed by atoms with Crippen molar-refractivity contribution in [1.29, 1.82) is 5.41 Å². The van der Waals surface area contributed by atoms with Gasteiger partial charge in [0.1, 0.15) is 29.5 Å². The summed E-state index contributed by atoms with van der Waals surface area (Å²) in [4.78, 5) is 16.3. The Morgan fingerprint density at radius 3 is 2.72 bits per heavy atom. The number of guanidine groups is 1. The van der Waals surface area contributed by atoms with E-state index in [4.69, 9.17) is 27.5 Å². The Morgan fingerprint density at radius 1 is 1.41 bits per heavy atom. The van der Waals surface area contributed by atoms with Crippen LogP contribution in [-0.4, -0.2) is 61.3 Å². The summed E-state index contributed by atoms with van der Waals surface area (Å²) in [6.45, 7) is -1.41. The molecule has 0 radical (unpaired) electrons. The maximum atomic E-state index is 14.7. The normalized spacial score (nSPS) is 20.7. The second-order valence-corrected chi connectivity index (χ2v) is 9.61. The fourth-order valence-electron chi connectivity index (χ4n) is 3.41. The van der Waals surface area contributed by atoms with Crippen molar-refractivity contribution in [1.82, 2.24) is 9.29 Å². The molecule has 0 spiro atoms. The molecule has 9 nitrogen and oxygen atoms in total. The van der Waals surface area contributed by atoms with Crippen molar-refractivity contribution >= 4 is 39.2 Å². The zero-order valence-corrected chi connectivity index (χ0v) is 18.3. The number of aromatic nitrogens is 1. The van der Waals surface area contributed by atoms with E-state index in [0.717, 1.165) is 13.1 Å². The summed E-state index contributed by atoms with van der Waals surface area (Å²) < 4.78 is 60.0. The molecule has 3 unspecified atom stereocenters. The van der Waals surface area contributed by atoms with E-state index in [1.54, 1.807) is 0 Å². The van der Waals surface area contributed by atoms with Crippen molar-refractivity contribution in [2.75, 3.05) is 25.6 Å². The van der Waals surface area contributed by atoms with Crippen LogP contribution in [0.25, 0.3) is 0 Å². The lowest BCUT2D eigenvalue weighted by molar-refractivity contribution is 0.0884. The van der Waals surface area contributed by atoms with Crippen LogP contribution in [-0.2, 0) is 14.8 Å². The number of nitrogens with one attached hydrogen (secondary N) is 2. The molecule has 3 rings (SSSR count). The number of anilines is 1. The number of halogens is 3. The van der Waals surface area contributed by atoms with Gasteiger partial charge in [-0.15, -0.1) is 0 Å². The number of rotatable bonds is 6. The average molecular weight is 488 g/mol. The number of ether oxygens (including phenoxy) is 1. The van der Waals surface area contributed by atoms with E-state index in [1.807, 2.05) is 0 Å². The molecule has 1 amide bonds. The van der Waals surface area contributed by atoms with Crippen LogP contribution < -0.4 is 11.1 Å². The van der Waals surface area contributed by atoms with Gasteiger partial charge in [0.05, 0.1) is 11.6 Å². The van der Waals surface area contributed by atoms with E-state index in [1.165, 1.54) is 30.5 Å². The highest BCUT2D eigenvalue weighted by molar-refractivity contribution is 7.90. The summed E-state index contributed by atoms with van der Waals surface area (Å²) in [6, 6.07) is 6.49. The Labute approximate surface area is 188 Å². The Balaban J connectivity index is 1.94. The molecule has 172 valence electrons. The van der Waals surface area contributed by atoms with Crippen LogP contribution >= 0.6 is 11.6 Å². The van der Waals surface area contributed by atoms with E-state index < -0.39 is 51.7 Å². The first-order valence-electron chi connectivity index (χ1n) is 9.28. The van der Waals surface area contributed by atoms with Gasteiger partial charge < -0.3 is 15.8 Å². The molecule has 1 saturated heterocycles. The minimum Gasteiger partial charge on any atom is -0.373 e. The van der Waals surface area contributed by atoms with E-state index >= 15 is 0 Å².